The van der Waals surface area contributed by atoms with Crippen LogP contribution in [0, 0.1) is 10.8 Å². The lowest BCUT2D eigenvalue weighted by molar-refractivity contribution is -0.0905. The first kappa shape index (κ1) is 17.8. The Kier molecular flexibility index (Phi) is 6.25. The SMILES string of the molecule is CC(F)OC[C@@](F)(CCC(C)(C)C)CC(C)(C)C. The van der Waals surface area contributed by atoms with E-state index in [1.807, 2.05) is 20.8 Å². The fourth-order valence-electron chi connectivity index (χ4n) is 2.03. The second-order valence-corrected chi connectivity index (χ2v) is 7.80. The molecule has 0 rings (SSSR count). The molecular formula is C15H30F2O. The van der Waals surface area contributed by atoms with Crippen LogP contribution in [0.3, 0.4) is 0 Å². The summed E-state index contributed by atoms with van der Waals surface area (Å²) in [5.74, 6) is 0. The van der Waals surface area contributed by atoms with Gasteiger partial charge in [-0.25, -0.2) is 8.78 Å². The number of hydrogen-bond donors (Lipinski definition) is 0. The Morgan fingerprint density at radius 2 is 1.44 bits per heavy atom. The van der Waals surface area contributed by atoms with Crippen LogP contribution in [-0.2, 0) is 4.74 Å². The predicted molar refractivity (Wildman–Crippen MR) is 73.1 cm³/mol. The van der Waals surface area contributed by atoms with Crippen molar-refractivity contribution in [3.8, 4) is 0 Å². The van der Waals surface area contributed by atoms with Gasteiger partial charge in [0.1, 0.15) is 5.67 Å². The first-order valence-electron chi connectivity index (χ1n) is 6.78. The Bertz CT molecular complexity index is 238. The molecule has 0 N–H and O–H groups in total. The van der Waals surface area contributed by atoms with Gasteiger partial charge in [-0.1, -0.05) is 41.5 Å². The summed E-state index contributed by atoms with van der Waals surface area (Å²) in [6.07, 6.45) is 0.169. The van der Waals surface area contributed by atoms with Gasteiger partial charge in [-0.2, -0.15) is 0 Å². The van der Waals surface area contributed by atoms with Crippen LogP contribution in [0.1, 0.15) is 67.7 Å². The Balaban J connectivity index is 4.59. The van der Waals surface area contributed by atoms with E-state index in [0.717, 1.165) is 6.42 Å². The highest BCUT2D eigenvalue weighted by molar-refractivity contribution is 4.86. The minimum absolute atomic E-state index is 0.0799. The van der Waals surface area contributed by atoms with Gasteiger partial charge < -0.3 is 4.74 Å². The average Bonchev–Trinajstić information content (AvgIpc) is 2.08. The molecule has 0 radical (unpaired) electrons. The second kappa shape index (κ2) is 6.31. The quantitative estimate of drug-likeness (QED) is 0.633. The standard InChI is InChI=1S/C15H30F2O/c1-12(16)18-11-15(17,10-14(5,6)7)9-8-13(2,3)4/h12H,8-11H2,1-7H3/t12?,15-/m1/s1. The molecule has 0 aliphatic rings. The zero-order chi connectivity index (χ0) is 14.6. The van der Waals surface area contributed by atoms with E-state index in [1.165, 1.54) is 6.92 Å². The summed E-state index contributed by atoms with van der Waals surface area (Å²) in [5, 5.41) is 0. The number of rotatable bonds is 6. The largest absolute Gasteiger partial charge is 0.345 e. The molecule has 0 amide bonds. The van der Waals surface area contributed by atoms with E-state index >= 15 is 0 Å². The maximum Gasteiger partial charge on any atom is 0.196 e. The molecular weight excluding hydrogens is 234 g/mol. The van der Waals surface area contributed by atoms with Crippen molar-refractivity contribution in [1.82, 2.24) is 0 Å². The third-order valence-electron chi connectivity index (χ3n) is 2.74. The maximum absolute atomic E-state index is 14.9. The zero-order valence-electron chi connectivity index (χ0n) is 13.1. The number of alkyl halides is 2. The average molecular weight is 264 g/mol. The molecule has 0 aliphatic heterocycles. The number of hydrogen-bond acceptors (Lipinski definition) is 1. The highest BCUT2D eigenvalue weighted by atomic mass is 19.2. The van der Waals surface area contributed by atoms with Crippen LogP contribution in [0.2, 0.25) is 0 Å². The van der Waals surface area contributed by atoms with E-state index < -0.39 is 12.0 Å². The molecule has 1 nitrogen and oxygen atoms in total. The van der Waals surface area contributed by atoms with Gasteiger partial charge >= 0.3 is 0 Å². The summed E-state index contributed by atoms with van der Waals surface area (Å²) in [6, 6.07) is 0. The summed E-state index contributed by atoms with van der Waals surface area (Å²) in [7, 11) is 0. The van der Waals surface area contributed by atoms with Crippen molar-refractivity contribution in [3.63, 3.8) is 0 Å². The van der Waals surface area contributed by atoms with Crippen molar-refractivity contribution in [1.29, 1.82) is 0 Å². The normalized spacial score (nSPS) is 18.5. The Morgan fingerprint density at radius 1 is 0.944 bits per heavy atom. The lowest BCUT2D eigenvalue weighted by Gasteiger charge is -2.34. The summed E-state index contributed by atoms with van der Waals surface area (Å²) in [6.45, 7) is 13.4. The topological polar surface area (TPSA) is 9.23 Å². The zero-order valence-corrected chi connectivity index (χ0v) is 13.1. The summed E-state index contributed by atoms with van der Waals surface area (Å²) >= 11 is 0. The minimum atomic E-state index is -1.44. The number of ether oxygens (including phenoxy) is 1. The highest BCUT2D eigenvalue weighted by Crippen LogP contribution is 2.37. The molecule has 0 saturated heterocycles. The van der Waals surface area contributed by atoms with E-state index in [2.05, 4.69) is 20.8 Å². The van der Waals surface area contributed by atoms with Crippen LogP contribution < -0.4 is 0 Å². The lowest BCUT2D eigenvalue weighted by atomic mass is 9.78. The molecule has 0 aromatic heterocycles. The van der Waals surface area contributed by atoms with E-state index in [1.54, 1.807) is 0 Å². The van der Waals surface area contributed by atoms with Gasteiger partial charge in [-0.05, 0) is 37.0 Å². The molecule has 0 fully saturated rings. The van der Waals surface area contributed by atoms with Crippen molar-refractivity contribution < 1.29 is 13.5 Å². The third-order valence-corrected chi connectivity index (χ3v) is 2.74. The van der Waals surface area contributed by atoms with Gasteiger partial charge in [0.2, 0.25) is 0 Å². The van der Waals surface area contributed by atoms with Crippen LogP contribution in [0.15, 0.2) is 0 Å². The first-order chi connectivity index (χ1) is 7.83. The van der Waals surface area contributed by atoms with Gasteiger partial charge in [0, 0.05) is 0 Å². The van der Waals surface area contributed by atoms with E-state index in [-0.39, 0.29) is 17.4 Å². The third kappa shape index (κ3) is 9.81. The van der Waals surface area contributed by atoms with E-state index in [4.69, 9.17) is 4.74 Å². The smallest absolute Gasteiger partial charge is 0.196 e. The van der Waals surface area contributed by atoms with Crippen molar-refractivity contribution in [2.45, 2.75) is 79.8 Å². The van der Waals surface area contributed by atoms with Crippen molar-refractivity contribution in [3.05, 3.63) is 0 Å². The van der Waals surface area contributed by atoms with Crippen LogP contribution in [0.5, 0.6) is 0 Å². The Hall–Kier alpha value is -0.180. The van der Waals surface area contributed by atoms with Crippen molar-refractivity contribution >= 4 is 0 Å². The molecule has 18 heavy (non-hydrogen) atoms. The van der Waals surface area contributed by atoms with Crippen molar-refractivity contribution in [2.75, 3.05) is 6.61 Å². The van der Waals surface area contributed by atoms with Gasteiger partial charge in [0.05, 0.1) is 6.61 Å². The fourth-order valence-corrected chi connectivity index (χ4v) is 2.03. The molecule has 0 aliphatic carbocycles. The van der Waals surface area contributed by atoms with Gasteiger partial charge in [0.25, 0.3) is 0 Å². The van der Waals surface area contributed by atoms with Crippen molar-refractivity contribution in [2.24, 2.45) is 10.8 Å². The second-order valence-electron chi connectivity index (χ2n) is 7.80. The predicted octanol–water partition coefficient (Wildman–Crippen LogP) is 5.29. The molecule has 0 bridgehead atoms. The molecule has 0 aromatic rings. The minimum Gasteiger partial charge on any atom is -0.345 e. The molecule has 0 heterocycles. The molecule has 0 saturated carbocycles. The fraction of sp³-hybridized carbons (Fsp3) is 1.00. The molecule has 1 unspecified atom stereocenters. The highest BCUT2D eigenvalue weighted by Gasteiger charge is 2.36. The van der Waals surface area contributed by atoms with Crippen LogP contribution in [-0.4, -0.2) is 18.6 Å². The molecule has 0 spiro atoms. The van der Waals surface area contributed by atoms with Gasteiger partial charge in [-0.3, -0.25) is 0 Å². The van der Waals surface area contributed by atoms with Crippen LogP contribution >= 0.6 is 0 Å². The van der Waals surface area contributed by atoms with Gasteiger partial charge in [0.15, 0.2) is 6.36 Å². The van der Waals surface area contributed by atoms with Crippen LogP contribution in [0.4, 0.5) is 8.78 Å². The maximum atomic E-state index is 14.9. The number of halogens is 2. The summed E-state index contributed by atoms with van der Waals surface area (Å²) in [4.78, 5) is 0. The van der Waals surface area contributed by atoms with Crippen LogP contribution in [0.25, 0.3) is 0 Å². The monoisotopic (exact) mass is 264 g/mol. The lowest BCUT2D eigenvalue weighted by Crippen LogP contribution is -2.36. The Labute approximate surface area is 111 Å². The van der Waals surface area contributed by atoms with E-state index in [0.29, 0.717) is 12.8 Å². The summed E-state index contributed by atoms with van der Waals surface area (Å²) in [5.41, 5.74) is -1.49. The molecule has 3 heteroatoms. The molecule has 0 aromatic carbocycles. The van der Waals surface area contributed by atoms with Gasteiger partial charge in [-0.15, -0.1) is 0 Å². The van der Waals surface area contributed by atoms with E-state index in [9.17, 15) is 8.78 Å². The summed E-state index contributed by atoms with van der Waals surface area (Å²) < 4.78 is 32.5. The Morgan fingerprint density at radius 3 is 1.78 bits per heavy atom. The molecule has 110 valence electrons. The first-order valence-corrected chi connectivity index (χ1v) is 6.78. The molecule has 2 atom stereocenters.